The number of ether oxygens (including phenoxy) is 1. The van der Waals surface area contributed by atoms with E-state index in [0.29, 0.717) is 51.5 Å². The molecular formula is C26H23F2N5O3S. The second-order valence-corrected chi connectivity index (χ2v) is 9.66. The van der Waals surface area contributed by atoms with Crippen LogP contribution in [0.15, 0.2) is 68.0 Å². The third kappa shape index (κ3) is 4.04. The minimum atomic E-state index is -0.947. The fourth-order valence-electron chi connectivity index (χ4n) is 4.87. The van der Waals surface area contributed by atoms with Gasteiger partial charge < -0.3 is 29.8 Å². The van der Waals surface area contributed by atoms with E-state index in [0.717, 1.165) is 34.5 Å². The van der Waals surface area contributed by atoms with Crippen LogP contribution in [0.25, 0.3) is 11.0 Å². The molecule has 11 heteroatoms. The van der Waals surface area contributed by atoms with Crippen molar-refractivity contribution in [1.82, 2.24) is 20.3 Å². The number of aromatic nitrogens is 3. The maximum atomic E-state index is 13.6. The number of H-pyrrole nitrogens is 2. The maximum absolute atomic E-state index is 13.6. The molecule has 190 valence electrons. The van der Waals surface area contributed by atoms with E-state index in [1.165, 1.54) is 11.8 Å². The molecule has 0 radical (unpaired) electrons. The molecule has 0 saturated carbocycles. The fraction of sp³-hybridized carbons (Fsp3) is 0.231. The summed E-state index contributed by atoms with van der Waals surface area (Å²) in [5.41, 5.74) is 5.85. The van der Waals surface area contributed by atoms with Gasteiger partial charge in [-0.05, 0) is 48.9 Å². The third-order valence-corrected chi connectivity index (χ3v) is 7.30. The minimum absolute atomic E-state index is 0.257. The Morgan fingerprint density at radius 1 is 1.27 bits per heavy atom. The van der Waals surface area contributed by atoms with Crippen LogP contribution in [0.4, 0.5) is 14.5 Å². The van der Waals surface area contributed by atoms with Gasteiger partial charge in [0.15, 0.2) is 21.9 Å². The van der Waals surface area contributed by atoms with Crippen molar-refractivity contribution in [2.75, 3.05) is 25.0 Å². The summed E-state index contributed by atoms with van der Waals surface area (Å²) in [6.07, 6.45) is 3.89. The number of fused-ring (bicyclic) bond motifs is 2. The van der Waals surface area contributed by atoms with Gasteiger partial charge in [0.2, 0.25) is 0 Å². The Morgan fingerprint density at radius 2 is 2.11 bits per heavy atom. The van der Waals surface area contributed by atoms with E-state index in [2.05, 4.69) is 31.7 Å². The van der Waals surface area contributed by atoms with Gasteiger partial charge in [0.1, 0.15) is 11.5 Å². The van der Waals surface area contributed by atoms with Gasteiger partial charge in [-0.3, -0.25) is 0 Å². The zero-order chi connectivity index (χ0) is 25.7. The number of carbonyl (C=O) groups is 1. The standard InChI is InChI=1S/C26H23F2N5O3S/c1-3-12-9-29-11-18-21(12)22(13-10-30-24(23(13)31-18)25(34)35-4-2)19-5-6-20(36-19)37-26-32-16-7-14(27)15(28)8-17(16)33-26/h3,5-8,10,22,29-31H,4,9,11H2,1-2H3,(H,32,33)/b12-3+. The van der Waals surface area contributed by atoms with Gasteiger partial charge in [-0.2, -0.15) is 0 Å². The zero-order valence-corrected chi connectivity index (χ0v) is 20.8. The van der Waals surface area contributed by atoms with Crippen LogP contribution >= 0.6 is 11.8 Å². The van der Waals surface area contributed by atoms with Crippen molar-refractivity contribution in [3.8, 4) is 0 Å². The van der Waals surface area contributed by atoms with Crippen molar-refractivity contribution in [3.05, 3.63) is 82.0 Å². The summed E-state index contributed by atoms with van der Waals surface area (Å²) < 4.78 is 38.8. The van der Waals surface area contributed by atoms with Gasteiger partial charge in [-0.15, -0.1) is 0 Å². The second-order valence-electron chi connectivity index (χ2n) is 8.67. The summed E-state index contributed by atoms with van der Waals surface area (Å²) in [5.74, 6) is -1.87. The molecule has 37 heavy (non-hydrogen) atoms. The number of carbonyl (C=O) groups excluding carboxylic acids is 1. The Balaban J connectivity index is 1.38. The molecular weight excluding hydrogens is 500 g/mol. The highest BCUT2D eigenvalue weighted by Gasteiger charge is 2.37. The molecule has 8 nitrogen and oxygen atoms in total. The van der Waals surface area contributed by atoms with E-state index in [4.69, 9.17) is 9.15 Å². The van der Waals surface area contributed by atoms with Gasteiger partial charge in [0, 0.05) is 42.7 Å². The highest BCUT2D eigenvalue weighted by atomic mass is 32.2. The fourth-order valence-corrected chi connectivity index (χ4v) is 5.64. The number of imidazole rings is 1. The molecule has 1 atom stereocenters. The highest BCUT2D eigenvalue weighted by molar-refractivity contribution is 7.99. The van der Waals surface area contributed by atoms with E-state index in [1.807, 2.05) is 25.3 Å². The van der Waals surface area contributed by atoms with Gasteiger partial charge in [0.05, 0.1) is 29.2 Å². The Hall–Kier alpha value is -3.83. The molecule has 4 N–H and O–H groups in total. The van der Waals surface area contributed by atoms with Crippen molar-refractivity contribution in [3.63, 3.8) is 0 Å². The van der Waals surface area contributed by atoms with Crippen molar-refractivity contribution in [1.29, 1.82) is 0 Å². The van der Waals surface area contributed by atoms with Gasteiger partial charge in [0.25, 0.3) is 0 Å². The maximum Gasteiger partial charge on any atom is 0.356 e. The molecule has 4 aromatic rings. The number of anilines is 1. The van der Waals surface area contributed by atoms with Gasteiger partial charge in [-0.1, -0.05) is 6.08 Å². The molecule has 3 aromatic heterocycles. The largest absolute Gasteiger partial charge is 0.461 e. The number of nitrogens with zero attached hydrogens (tertiary/aromatic N) is 1. The van der Waals surface area contributed by atoms with Crippen LogP contribution < -0.4 is 10.6 Å². The third-order valence-electron chi connectivity index (χ3n) is 6.49. The number of halogens is 2. The summed E-state index contributed by atoms with van der Waals surface area (Å²) >= 11 is 1.22. The van der Waals surface area contributed by atoms with Crippen LogP contribution in [0, 0.1) is 11.6 Å². The molecule has 0 saturated heterocycles. The van der Waals surface area contributed by atoms with Crippen LogP contribution in [0.2, 0.25) is 0 Å². The van der Waals surface area contributed by atoms with Crippen LogP contribution in [-0.2, 0) is 4.74 Å². The first-order valence-corrected chi connectivity index (χ1v) is 12.7. The van der Waals surface area contributed by atoms with Crippen LogP contribution in [0.5, 0.6) is 0 Å². The molecule has 0 amide bonds. The molecule has 5 heterocycles. The number of esters is 1. The average molecular weight is 524 g/mol. The van der Waals surface area contributed by atoms with E-state index in [-0.39, 0.29) is 12.5 Å². The van der Waals surface area contributed by atoms with Gasteiger partial charge >= 0.3 is 5.97 Å². The normalized spacial score (nSPS) is 18.2. The summed E-state index contributed by atoms with van der Waals surface area (Å²) in [6.45, 7) is 5.37. The quantitative estimate of drug-likeness (QED) is 0.258. The minimum Gasteiger partial charge on any atom is -0.461 e. The molecule has 2 aliphatic rings. The molecule has 0 spiro atoms. The Labute approximate surface area is 214 Å². The average Bonchev–Trinajstić information content (AvgIpc) is 3.61. The summed E-state index contributed by atoms with van der Waals surface area (Å²) in [7, 11) is 0. The summed E-state index contributed by atoms with van der Waals surface area (Å²) in [5, 5.41) is 7.86. The predicted octanol–water partition coefficient (Wildman–Crippen LogP) is 5.45. The van der Waals surface area contributed by atoms with Crippen LogP contribution in [-0.4, -0.2) is 40.6 Å². The number of aromatic amines is 2. The summed E-state index contributed by atoms with van der Waals surface area (Å²) in [4.78, 5) is 23.0. The van der Waals surface area contributed by atoms with Crippen molar-refractivity contribution < 1.29 is 22.7 Å². The first kappa shape index (κ1) is 23.6. The highest BCUT2D eigenvalue weighted by Crippen LogP contribution is 2.47. The van der Waals surface area contributed by atoms with E-state index >= 15 is 0 Å². The van der Waals surface area contributed by atoms with Crippen LogP contribution in [0.3, 0.4) is 0 Å². The lowest BCUT2D eigenvalue weighted by Gasteiger charge is -2.34. The van der Waals surface area contributed by atoms with E-state index < -0.39 is 17.6 Å². The Morgan fingerprint density at radius 3 is 2.92 bits per heavy atom. The molecule has 2 aliphatic heterocycles. The first-order chi connectivity index (χ1) is 18.0. The lowest BCUT2D eigenvalue weighted by molar-refractivity contribution is 0.0521. The number of hydrogen-bond acceptors (Lipinski definition) is 7. The molecule has 1 aromatic carbocycles. The lowest BCUT2D eigenvalue weighted by Crippen LogP contribution is -2.35. The van der Waals surface area contributed by atoms with Crippen LogP contribution in [0.1, 0.15) is 41.6 Å². The number of benzene rings is 1. The number of furan rings is 1. The smallest absolute Gasteiger partial charge is 0.356 e. The molecule has 0 aliphatic carbocycles. The topological polar surface area (TPSA) is 108 Å². The molecule has 0 bridgehead atoms. The van der Waals surface area contributed by atoms with Gasteiger partial charge in [-0.25, -0.2) is 18.6 Å². The SMILES string of the molecule is C/C=C1\CNCC2=C1C(c1ccc(Sc3nc4cc(F)c(F)cc4[nH]3)o1)c1c[nH]c(C(=O)OCC)c1N2. The van der Waals surface area contributed by atoms with Crippen molar-refractivity contribution in [2.24, 2.45) is 0 Å². The Bertz CT molecular complexity index is 1560. The second kappa shape index (κ2) is 9.24. The molecule has 6 rings (SSSR count). The van der Waals surface area contributed by atoms with E-state index in [9.17, 15) is 13.6 Å². The summed E-state index contributed by atoms with van der Waals surface area (Å²) in [6, 6.07) is 5.89. The van der Waals surface area contributed by atoms with Crippen molar-refractivity contribution >= 4 is 34.5 Å². The molecule has 0 fully saturated rings. The first-order valence-electron chi connectivity index (χ1n) is 11.8. The zero-order valence-electron chi connectivity index (χ0n) is 20.0. The number of nitrogens with one attached hydrogen (secondary N) is 4. The van der Waals surface area contributed by atoms with E-state index in [1.54, 1.807) is 6.92 Å². The predicted molar refractivity (Wildman–Crippen MR) is 135 cm³/mol. The lowest BCUT2D eigenvalue weighted by atomic mass is 9.80. The number of allylic oxidation sites excluding steroid dienone is 1. The number of rotatable bonds is 5. The molecule has 1 unspecified atom stereocenters. The Kier molecular flexibility index (Phi) is 5.88. The van der Waals surface area contributed by atoms with Crippen molar-refractivity contribution in [2.45, 2.75) is 30.0 Å². The number of hydrogen-bond donors (Lipinski definition) is 4. The monoisotopic (exact) mass is 523 g/mol.